The molecule has 0 unspecified atom stereocenters. The van der Waals surface area contributed by atoms with Crippen LogP contribution in [-0.2, 0) is 24.3 Å². The molecule has 0 aromatic heterocycles. The molecule has 1 aliphatic rings. The zero-order chi connectivity index (χ0) is 20.7. The van der Waals surface area contributed by atoms with Gasteiger partial charge in [-0.15, -0.1) is 0 Å². The minimum Gasteiger partial charge on any atom is -0.360 e. The normalized spacial score (nSPS) is 18.1. The molecular weight excluding hydrogens is 384 g/mol. The fourth-order valence-corrected chi connectivity index (χ4v) is 4.28. The highest BCUT2D eigenvalue weighted by Crippen LogP contribution is 2.22. The second kappa shape index (κ2) is 9.97. The van der Waals surface area contributed by atoms with Crippen LogP contribution in [0.5, 0.6) is 0 Å². The summed E-state index contributed by atoms with van der Waals surface area (Å²) in [6.07, 6.45) is -0.300. The molecule has 1 aromatic carbocycles. The lowest BCUT2D eigenvalue weighted by molar-refractivity contribution is -0.856. The molecule has 1 saturated heterocycles. The first-order valence-electron chi connectivity index (χ1n) is 9.27. The zero-order valence-electron chi connectivity index (χ0n) is 16.5. The second-order valence-corrected chi connectivity index (χ2v) is 8.92. The van der Waals surface area contributed by atoms with E-state index in [9.17, 15) is 18.0 Å². The Morgan fingerprint density at radius 2 is 1.82 bits per heavy atom. The average Bonchev–Trinajstić information content (AvgIpc) is 2.66. The van der Waals surface area contributed by atoms with Gasteiger partial charge < -0.3 is 20.3 Å². The molecule has 9 nitrogen and oxygen atoms in total. The molecule has 156 valence electrons. The third-order valence-electron chi connectivity index (χ3n) is 4.34. The maximum absolute atomic E-state index is 12.9. The van der Waals surface area contributed by atoms with Gasteiger partial charge >= 0.3 is 11.8 Å². The SMILES string of the molecule is Cc1ccc(S(=O)(=O)N2CCCO[C@@H]2CNC(=O)C(=O)NCC[NH+](C)C)cc1. The van der Waals surface area contributed by atoms with Crippen LogP contribution < -0.4 is 15.5 Å². The van der Waals surface area contributed by atoms with Gasteiger partial charge in [0.2, 0.25) is 10.0 Å². The van der Waals surface area contributed by atoms with Crippen LogP contribution in [0.4, 0.5) is 0 Å². The third kappa shape index (κ3) is 5.99. The Labute approximate surface area is 166 Å². The lowest BCUT2D eigenvalue weighted by Gasteiger charge is -2.34. The van der Waals surface area contributed by atoms with E-state index >= 15 is 0 Å². The number of likely N-dealkylation sites (N-methyl/N-ethyl adjacent to an activating group) is 1. The van der Waals surface area contributed by atoms with Crippen LogP contribution in [0.3, 0.4) is 0 Å². The van der Waals surface area contributed by atoms with Crippen molar-refractivity contribution in [1.82, 2.24) is 14.9 Å². The van der Waals surface area contributed by atoms with Crippen LogP contribution in [-0.4, -0.2) is 77.6 Å². The van der Waals surface area contributed by atoms with E-state index in [1.165, 1.54) is 4.31 Å². The Bertz CT molecular complexity index is 780. The number of ether oxygens (including phenoxy) is 1. The van der Waals surface area contributed by atoms with Gasteiger partial charge in [0.15, 0.2) is 0 Å². The van der Waals surface area contributed by atoms with Gasteiger partial charge in [0.05, 0.1) is 45.2 Å². The molecule has 0 spiro atoms. The van der Waals surface area contributed by atoms with Gasteiger partial charge in [-0.05, 0) is 25.5 Å². The Kier molecular flexibility index (Phi) is 7.93. The van der Waals surface area contributed by atoms with Gasteiger partial charge in [-0.1, -0.05) is 17.7 Å². The van der Waals surface area contributed by atoms with Crippen molar-refractivity contribution < 1.29 is 27.6 Å². The number of hydrogen-bond acceptors (Lipinski definition) is 5. The number of quaternary nitrogens is 1. The van der Waals surface area contributed by atoms with Crippen LogP contribution in [0.25, 0.3) is 0 Å². The summed E-state index contributed by atoms with van der Waals surface area (Å²) in [7, 11) is 0.114. The predicted octanol–water partition coefficient (Wildman–Crippen LogP) is -1.89. The Morgan fingerprint density at radius 3 is 2.46 bits per heavy atom. The lowest BCUT2D eigenvalue weighted by Crippen LogP contribution is -3.06. The third-order valence-corrected chi connectivity index (χ3v) is 6.24. The van der Waals surface area contributed by atoms with Crippen LogP contribution in [0.2, 0.25) is 0 Å². The highest BCUT2D eigenvalue weighted by atomic mass is 32.2. The van der Waals surface area contributed by atoms with Gasteiger partial charge in [0, 0.05) is 6.54 Å². The summed E-state index contributed by atoms with van der Waals surface area (Å²) in [5, 5.41) is 4.99. The molecule has 3 N–H and O–H groups in total. The number of benzene rings is 1. The molecule has 1 aromatic rings. The van der Waals surface area contributed by atoms with Crippen molar-refractivity contribution in [3.8, 4) is 0 Å². The van der Waals surface area contributed by atoms with Crippen molar-refractivity contribution in [2.24, 2.45) is 0 Å². The molecule has 10 heteroatoms. The van der Waals surface area contributed by atoms with E-state index in [1.54, 1.807) is 24.3 Å². The molecule has 0 saturated carbocycles. The van der Waals surface area contributed by atoms with Crippen LogP contribution >= 0.6 is 0 Å². The number of carbonyl (C=O) groups excluding carboxylic acids is 2. The van der Waals surface area contributed by atoms with Gasteiger partial charge in [0.25, 0.3) is 0 Å². The summed E-state index contributed by atoms with van der Waals surface area (Å²) in [5.41, 5.74) is 0.958. The fraction of sp³-hybridized carbons (Fsp3) is 0.556. The van der Waals surface area contributed by atoms with Crippen LogP contribution in [0.1, 0.15) is 12.0 Å². The molecule has 0 bridgehead atoms. The highest BCUT2D eigenvalue weighted by molar-refractivity contribution is 7.89. The first-order chi connectivity index (χ1) is 13.2. The van der Waals surface area contributed by atoms with Gasteiger partial charge in [0.1, 0.15) is 6.23 Å². The number of hydrogen-bond donors (Lipinski definition) is 3. The molecule has 0 radical (unpaired) electrons. The van der Waals surface area contributed by atoms with Crippen molar-refractivity contribution in [1.29, 1.82) is 0 Å². The highest BCUT2D eigenvalue weighted by Gasteiger charge is 2.34. The first-order valence-corrected chi connectivity index (χ1v) is 10.7. The molecule has 1 atom stereocenters. The quantitative estimate of drug-likeness (QED) is 0.453. The minimum absolute atomic E-state index is 0.101. The summed E-state index contributed by atoms with van der Waals surface area (Å²) in [6.45, 7) is 3.52. The van der Waals surface area contributed by atoms with E-state index < -0.39 is 28.1 Å². The van der Waals surface area contributed by atoms with Crippen molar-refractivity contribution in [3.63, 3.8) is 0 Å². The van der Waals surface area contributed by atoms with Gasteiger partial charge in [-0.3, -0.25) is 9.59 Å². The number of carbonyl (C=O) groups is 2. The van der Waals surface area contributed by atoms with Gasteiger partial charge in [-0.2, -0.15) is 4.31 Å². The van der Waals surface area contributed by atoms with Crippen molar-refractivity contribution >= 4 is 21.8 Å². The maximum Gasteiger partial charge on any atom is 0.309 e. The molecule has 2 rings (SSSR count). The number of rotatable bonds is 7. The standard InChI is InChI=1S/C18H28N4O5S/c1-14-5-7-15(8-6-14)28(25,26)22-10-4-12-27-16(22)13-20-18(24)17(23)19-9-11-21(2)3/h5-8,16H,4,9-13H2,1-3H3,(H,19,23)(H,20,24)/p+1/t16-/m1/s1. The summed E-state index contributed by atoms with van der Waals surface area (Å²) >= 11 is 0. The number of sulfonamides is 1. The minimum atomic E-state index is -3.77. The van der Waals surface area contributed by atoms with Crippen molar-refractivity contribution in [2.75, 3.05) is 46.9 Å². The molecular formula is C18H29N4O5S+. The summed E-state index contributed by atoms with van der Waals surface area (Å²) < 4.78 is 32.7. The number of nitrogens with one attached hydrogen (secondary N) is 3. The summed E-state index contributed by atoms with van der Waals surface area (Å²) in [4.78, 5) is 25.1. The first kappa shape index (κ1) is 22.3. The van der Waals surface area contributed by atoms with E-state index in [-0.39, 0.29) is 18.0 Å². The van der Waals surface area contributed by atoms with E-state index in [2.05, 4.69) is 10.6 Å². The molecule has 2 amide bonds. The Hall–Kier alpha value is -2.01. The van der Waals surface area contributed by atoms with E-state index in [0.717, 1.165) is 10.5 Å². The second-order valence-electron chi connectivity index (χ2n) is 7.03. The maximum atomic E-state index is 12.9. The van der Waals surface area contributed by atoms with E-state index in [0.29, 0.717) is 26.1 Å². The average molecular weight is 414 g/mol. The molecule has 0 aliphatic carbocycles. The molecule has 1 heterocycles. The van der Waals surface area contributed by atoms with E-state index in [1.807, 2.05) is 21.0 Å². The number of aryl methyl sites for hydroxylation is 1. The molecule has 28 heavy (non-hydrogen) atoms. The zero-order valence-corrected chi connectivity index (χ0v) is 17.3. The van der Waals surface area contributed by atoms with E-state index in [4.69, 9.17) is 4.74 Å². The Morgan fingerprint density at radius 1 is 1.18 bits per heavy atom. The van der Waals surface area contributed by atoms with Crippen LogP contribution in [0, 0.1) is 6.92 Å². The smallest absolute Gasteiger partial charge is 0.309 e. The van der Waals surface area contributed by atoms with Gasteiger partial charge in [-0.25, -0.2) is 8.42 Å². The predicted molar refractivity (Wildman–Crippen MR) is 103 cm³/mol. The number of amides is 2. The number of nitrogens with zero attached hydrogens (tertiary/aromatic N) is 1. The van der Waals surface area contributed by atoms with Crippen molar-refractivity contribution in [3.05, 3.63) is 29.8 Å². The van der Waals surface area contributed by atoms with Crippen molar-refractivity contribution in [2.45, 2.75) is 24.5 Å². The fourth-order valence-electron chi connectivity index (χ4n) is 2.71. The molecule has 1 fully saturated rings. The summed E-state index contributed by atoms with van der Waals surface area (Å²) in [6, 6.07) is 6.56. The monoisotopic (exact) mass is 413 g/mol. The van der Waals surface area contributed by atoms with Crippen LogP contribution in [0.15, 0.2) is 29.2 Å². The largest absolute Gasteiger partial charge is 0.360 e. The Balaban J connectivity index is 1.98. The molecule has 1 aliphatic heterocycles. The topological polar surface area (TPSA) is 109 Å². The lowest BCUT2D eigenvalue weighted by atomic mass is 10.2. The summed E-state index contributed by atoms with van der Waals surface area (Å²) in [5.74, 6) is -1.55.